The zero-order valence-corrected chi connectivity index (χ0v) is 15.0. The van der Waals surface area contributed by atoms with E-state index in [1.807, 2.05) is 0 Å². The third-order valence-electron chi connectivity index (χ3n) is 3.31. The molecule has 0 spiro atoms. The molecule has 1 heterocycles. The first-order valence-electron chi connectivity index (χ1n) is 6.80. The fraction of sp³-hybridized carbons (Fsp3) is 0.312. The molecule has 1 atom stereocenters. The van der Waals surface area contributed by atoms with Crippen molar-refractivity contribution in [2.45, 2.75) is 32.3 Å². The molecule has 2 rings (SSSR count). The first kappa shape index (κ1) is 17.6. The highest BCUT2D eigenvalue weighted by Crippen LogP contribution is 2.33. The summed E-state index contributed by atoms with van der Waals surface area (Å²) in [6.45, 7) is 3.43. The molecule has 0 bridgehead atoms. The normalized spacial score (nSPS) is 11.8. The molecular formula is C16H17Cl2FNOP. The molecule has 0 aliphatic rings. The van der Waals surface area contributed by atoms with Crippen molar-refractivity contribution >= 4 is 37.7 Å². The first-order chi connectivity index (χ1) is 10.2. The van der Waals surface area contributed by atoms with Crippen LogP contribution in [0.25, 0.3) is 11.1 Å². The van der Waals surface area contributed by atoms with Gasteiger partial charge in [0.15, 0.2) is 0 Å². The predicted octanol–water partition coefficient (Wildman–Crippen LogP) is 4.40. The quantitative estimate of drug-likeness (QED) is 0.648. The average Bonchev–Trinajstić information content (AvgIpc) is 2.35. The van der Waals surface area contributed by atoms with Crippen molar-refractivity contribution in [1.82, 2.24) is 4.98 Å². The lowest BCUT2D eigenvalue weighted by Gasteiger charge is -2.19. The van der Waals surface area contributed by atoms with Gasteiger partial charge in [-0.1, -0.05) is 35.3 Å². The van der Waals surface area contributed by atoms with E-state index in [0.29, 0.717) is 29.5 Å². The molecule has 0 radical (unpaired) electrons. The highest BCUT2D eigenvalue weighted by atomic mass is 35.5. The number of halogens is 3. The van der Waals surface area contributed by atoms with Crippen molar-refractivity contribution in [3.8, 4) is 11.1 Å². The molecule has 2 nitrogen and oxygen atoms in total. The smallest absolute Gasteiger partial charge is 0.134 e. The summed E-state index contributed by atoms with van der Waals surface area (Å²) in [6.07, 6.45) is 0.955. The Balaban J connectivity index is 2.53. The maximum Gasteiger partial charge on any atom is 0.134 e. The molecule has 0 saturated heterocycles. The summed E-state index contributed by atoms with van der Waals surface area (Å²) in [6, 6.07) is 6.52. The van der Waals surface area contributed by atoms with E-state index in [9.17, 15) is 9.50 Å². The van der Waals surface area contributed by atoms with Gasteiger partial charge in [-0.15, -0.1) is 9.24 Å². The number of aliphatic hydroxyl groups is 1. The number of benzene rings is 1. The van der Waals surface area contributed by atoms with Gasteiger partial charge in [0.05, 0.1) is 5.60 Å². The summed E-state index contributed by atoms with van der Waals surface area (Å²) >= 11 is 12.2. The van der Waals surface area contributed by atoms with E-state index in [1.54, 1.807) is 32.0 Å². The number of pyridine rings is 1. The zero-order chi connectivity index (χ0) is 16.5. The summed E-state index contributed by atoms with van der Waals surface area (Å²) in [7, 11) is 2.45. The lowest BCUT2D eigenvalue weighted by molar-refractivity contribution is 0.0714. The van der Waals surface area contributed by atoms with Gasteiger partial charge in [0, 0.05) is 5.56 Å². The van der Waals surface area contributed by atoms with Gasteiger partial charge in [0.1, 0.15) is 16.1 Å². The van der Waals surface area contributed by atoms with Gasteiger partial charge in [0.25, 0.3) is 0 Å². The predicted molar refractivity (Wildman–Crippen MR) is 93.6 cm³/mol. The van der Waals surface area contributed by atoms with Crippen LogP contribution in [0.4, 0.5) is 4.39 Å². The maximum atomic E-state index is 14.3. The SMILES string of the molecule is CC(C)(O)CCc1c(-c2ccc(P)cc2F)cc(Cl)nc1Cl. The highest BCUT2D eigenvalue weighted by Gasteiger charge is 2.19. The van der Waals surface area contributed by atoms with Crippen LogP contribution in [-0.2, 0) is 6.42 Å². The molecule has 118 valence electrons. The van der Waals surface area contributed by atoms with Crippen LogP contribution in [0.15, 0.2) is 24.3 Å². The molecule has 0 saturated carbocycles. The van der Waals surface area contributed by atoms with Gasteiger partial charge in [0.2, 0.25) is 0 Å². The third-order valence-corrected chi connectivity index (χ3v) is 4.18. The lowest BCUT2D eigenvalue weighted by atomic mass is 9.94. The van der Waals surface area contributed by atoms with Crippen LogP contribution in [0.5, 0.6) is 0 Å². The van der Waals surface area contributed by atoms with Crippen LogP contribution >= 0.6 is 32.4 Å². The minimum Gasteiger partial charge on any atom is -0.390 e. The van der Waals surface area contributed by atoms with Gasteiger partial charge in [-0.3, -0.25) is 0 Å². The molecule has 1 N–H and O–H groups in total. The standard InChI is InChI=1S/C16H17Cl2FNOP/c1-16(2,21)6-5-11-12(8-14(17)20-15(11)18)10-4-3-9(22)7-13(10)19/h3-4,7-8,21H,5-6,22H2,1-2H3. The Bertz CT molecular complexity index is 701. The number of rotatable bonds is 4. The van der Waals surface area contributed by atoms with Crippen LogP contribution in [0.3, 0.4) is 0 Å². The van der Waals surface area contributed by atoms with Crippen LogP contribution in [0, 0.1) is 5.82 Å². The fourth-order valence-corrected chi connectivity index (χ4v) is 2.94. The second kappa shape index (κ2) is 6.80. The van der Waals surface area contributed by atoms with E-state index in [0.717, 1.165) is 5.30 Å². The first-order valence-corrected chi connectivity index (χ1v) is 8.13. The molecule has 1 aromatic carbocycles. The fourth-order valence-electron chi connectivity index (χ4n) is 2.17. The monoisotopic (exact) mass is 359 g/mol. The van der Waals surface area contributed by atoms with Crippen LogP contribution in [0.1, 0.15) is 25.8 Å². The molecule has 0 amide bonds. The van der Waals surface area contributed by atoms with Gasteiger partial charge in [-0.2, -0.15) is 0 Å². The Morgan fingerprint density at radius 2 is 1.91 bits per heavy atom. The molecule has 6 heteroatoms. The molecule has 22 heavy (non-hydrogen) atoms. The second-order valence-corrected chi connectivity index (χ2v) is 7.23. The lowest BCUT2D eigenvalue weighted by Crippen LogP contribution is -2.19. The van der Waals surface area contributed by atoms with Crippen molar-refractivity contribution in [2.75, 3.05) is 0 Å². The molecule has 0 aliphatic carbocycles. The third kappa shape index (κ3) is 4.39. The zero-order valence-electron chi connectivity index (χ0n) is 12.3. The summed E-state index contributed by atoms with van der Waals surface area (Å²) in [4.78, 5) is 4.03. The topological polar surface area (TPSA) is 33.1 Å². The molecule has 1 unspecified atom stereocenters. The second-order valence-electron chi connectivity index (χ2n) is 5.81. The van der Waals surface area contributed by atoms with Crippen LogP contribution in [-0.4, -0.2) is 15.7 Å². The van der Waals surface area contributed by atoms with Crippen molar-refractivity contribution < 1.29 is 9.50 Å². The average molecular weight is 360 g/mol. The Labute approximate surface area is 141 Å². The number of hydrogen-bond donors (Lipinski definition) is 1. The van der Waals surface area contributed by atoms with Crippen molar-refractivity contribution in [2.24, 2.45) is 0 Å². The Kier molecular flexibility index (Phi) is 5.45. The molecular weight excluding hydrogens is 343 g/mol. The molecule has 0 aliphatic heterocycles. The number of aromatic nitrogens is 1. The van der Waals surface area contributed by atoms with E-state index in [1.165, 1.54) is 6.07 Å². The van der Waals surface area contributed by atoms with Crippen molar-refractivity contribution in [1.29, 1.82) is 0 Å². The van der Waals surface area contributed by atoms with E-state index < -0.39 is 5.60 Å². The number of nitrogens with zero attached hydrogens (tertiary/aromatic N) is 1. The largest absolute Gasteiger partial charge is 0.390 e. The number of hydrogen-bond acceptors (Lipinski definition) is 2. The van der Waals surface area contributed by atoms with E-state index in [-0.39, 0.29) is 16.1 Å². The van der Waals surface area contributed by atoms with Gasteiger partial charge >= 0.3 is 0 Å². The minimum absolute atomic E-state index is 0.210. The van der Waals surface area contributed by atoms with Gasteiger partial charge in [-0.05, 0) is 55.3 Å². The Morgan fingerprint density at radius 3 is 2.50 bits per heavy atom. The summed E-state index contributed by atoms with van der Waals surface area (Å²) in [5.74, 6) is -0.352. The maximum absolute atomic E-state index is 14.3. The molecule has 2 aromatic rings. The molecule has 0 fully saturated rings. The summed E-state index contributed by atoms with van der Waals surface area (Å²) in [5, 5.41) is 11.1. The van der Waals surface area contributed by atoms with E-state index >= 15 is 0 Å². The van der Waals surface area contributed by atoms with Gasteiger partial charge in [-0.25, -0.2) is 9.37 Å². The van der Waals surface area contributed by atoms with Gasteiger partial charge < -0.3 is 5.11 Å². The minimum atomic E-state index is -0.845. The van der Waals surface area contributed by atoms with Crippen molar-refractivity contribution in [3.63, 3.8) is 0 Å². The van der Waals surface area contributed by atoms with Crippen LogP contribution in [0.2, 0.25) is 10.3 Å². The van der Waals surface area contributed by atoms with E-state index in [2.05, 4.69) is 14.2 Å². The van der Waals surface area contributed by atoms with E-state index in [4.69, 9.17) is 23.2 Å². The summed E-state index contributed by atoms with van der Waals surface area (Å²) in [5.41, 5.74) is 0.867. The summed E-state index contributed by atoms with van der Waals surface area (Å²) < 4.78 is 14.3. The molecule has 1 aromatic heterocycles. The Morgan fingerprint density at radius 1 is 1.23 bits per heavy atom. The van der Waals surface area contributed by atoms with Crippen LogP contribution < -0.4 is 5.30 Å². The highest BCUT2D eigenvalue weighted by molar-refractivity contribution is 7.27. The van der Waals surface area contributed by atoms with Crippen molar-refractivity contribution in [3.05, 3.63) is 46.0 Å². The Hall–Kier alpha value is -0.730.